The highest BCUT2D eigenvalue weighted by Gasteiger charge is 2.55. The Kier molecular flexibility index (Phi) is 3.58. The molecule has 4 unspecified atom stereocenters. The van der Waals surface area contributed by atoms with Gasteiger partial charge in [0.15, 0.2) is 0 Å². The third-order valence-corrected chi connectivity index (χ3v) is 4.17. The van der Waals surface area contributed by atoms with E-state index >= 15 is 0 Å². The summed E-state index contributed by atoms with van der Waals surface area (Å²) in [4.78, 5) is 11.6. The molecule has 0 radical (unpaired) electrons. The van der Waals surface area contributed by atoms with Crippen molar-refractivity contribution < 1.29 is 19.7 Å². The van der Waals surface area contributed by atoms with Gasteiger partial charge in [-0.2, -0.15) is 0 Å². The maximum absolute atomic E-state index is 11.6. The van der Waals surface area contributed by atoms with Crippen LogP contribution in [0.5, 0.6) is 0 Å². The number of ether oxygens (including phenoxy) is 1. The molecule has 5 heteroatoms. The van der Waals surface area contributed by atoms with Crippen LogP contribution >= 0.6 is 0 Å². The second-order valence-electron chi connectivity index (χ2n) is 5.19. The van der Waals surface area contributed by atoms with Crippen LogP contribution in [-0.2, 0) is 4.74 Å². The highest BCUT2D eigenvalue weighted by molar-refractivity contribution is 5.68. The van der Waals surface area contributed by atoms with E-state index in [0.717, 1.165) is 19.3 Å². The molecule has 0 heterocycles. The largest absolute Gasteiger partial charge is 0.450 e. The monoisotopic (exact) mass is 243 g/mol. The zero-order valence-corrected chi connectivity index (χ0v) is 10.2. The van der Waals surface area contributed by atoms with Crippen molar-refractivity contribution in [1.29, 1.82) is 0 Å². The smallest absolute Gasteiger partial charge is 0.407 e. The van der Waals surface area contributed by atoms with Crippen LogP contribution in [0.15, 0.2) is 0 Å². The lowest BCUT2D eigenvalue weighted by atomic mass is 9.77. The minimum Gasteiger partial charge on any atom is -0.450 e. The van der Waals surface area contributed by atoms with Crippen LogP contribution in [0, 0.1) is 11.8 Å². The highest BCUT2D eigenvalue weighted by atomic mass is 16.5. The summed E-state index contributed by atoms with van der Waals surface area (Å²) in [5, 5.41) is 22.0. The highest BCUT2D eigenvalue weighted by Crippen LogP contribution is 2.52. The average Bonchev–Trinajstić information content (AvgIpc) is 2.74. The number of rotatable bonds is 4. The van der Waals surface area contributed by atoms with Crippen LogP contribution in [-0.4, -0.2) is 41.2 Å². The molecule has 0 aromatic heterocycles. The number of aliphatic hydroxyl groups excluding tert-OH is 2. The van der Waals surface area contributed by atoms with E-state index < -0.39 is 11.6 Å². The number of alkyl carbamates (subject to hydrolysis) is 1. The molecule has 2 saturated carbocycles. The Morgan fingerprint density at radius 3 is 2.82 bits per heavy atom. The predicted octanol–water partition coefficient (Wildman–Crippen LogP) is 0.645. The predicted molar refractivity (Wildman–Crippen MR) is 61.4 cm³/mol. The Bertz CT molecular complexity index is 296. The molecule has 2 fully saturated rings. The molecule has 2 rings (SSSR count). The number of nitrogens with one attached hydrogen (secondary N) is 1. The van der Waals surface area contributed by atoms with Gasteiger partial charge in [0.1, 0.15) is 0 Å². The van der Waals surface area contributed by atoms with Gasteiger partial charge in [0.2, 0.25) is 0 Å². The van der Waals surface area contributed by atoms with E-state index in [9.17, 15) is 15.0 Å². The Morgan fingerprint density at radius 2 is 2.29 bits per heavy atom. The number of carbonyl (C=O) groups is 1. The topological polar surface area (TPSA) is 78.8 Å². The first-order chi connectivity index (χ1) is 8.11. The van der Waals surface area contributed by atoms with Crippen molar-refractivity contribution in [3.8, 4) is 0 Å². The lowest BCUT2D eigenvalue weighted by molar-refractivity contribution is 0.0336. The first-order valence-electron chi connectivity index (χ1n) is 6.35. The number of fused-ring (bicyclic) bond motifs is 2. The molecule has 4 atom stereocenters. The van der Waals surface area contributed by atoms with Crippen LogP contribution in [0.2, 0.25) is 0 Å². The molecular formula is C12H21NO4. The maximum atomic E-state index is 11.6. The molecule has 0 aromatic rings. The fourth-order valence-electron chi connectivity index (χ4n) is 3.61. The van der Waals surface area contributed by atoms with Gasteiger partial charge in [-0.1, -0.05) is 0 Å². The summed E-state index contributed by atoms with van der Waals surface area (Å²) < 4.78 is 4.90. The van der Waals surface area contributed by atoms with E-state index in [4.69, 9.17) is 4.74 Å². The van der Waals surface area contributed by atoms with Crippen molar-refractivity contribution in [3.63, 3.8) is 0 Å². The fraction of sp³-hybridized carbons (Fsp3) is 0.917. The number of hydrogen-bond donors (Lipinski definition) is 3. The lowest BCUT2D eigenvalue weighted by Crippen LogP contribution is -2.56. The van der Waals surface area contributed by atoms with Gasteiger partial charge < -0.3 is 20.3 Å². The summed E-state index contributed by atoms with van der Waals surface area (Å²) in [5.41, 5.74) is -0.469. The van der Waals surface area contributed by atoms with Gasteiger partial charge in [-0.05, 0) is 38.5 Å². The van der Waals surface area contributed by atoms with Gasteiger partial charge >= 0.3 is 6.09 Å². The third-order valence-electron chi connectivity index (χ3n) is 4.17. The second kappa shape index (κ2) is 4.82. The summed E-state index contributed by atoms with van der Waals surface area (Å²) in [7, 11) is 0. The molecule has 3 N–H and O–H groups in total. The summed E-state index contributed by atoms with van der Waals surface area (Å²) >= 11 is 0. The first kappa shape index (κ1) is 12.6. The summed E-state index contributed by atoms with van der Waals surface area (Å²) in [6.45, 7) is 2.11. The van der Waals surface area contributed by atoms with Crippen molar-refractivity contribution >= 4 is 6.09 Å². The van der Waals surface area contributed by atoms with E-state index in [1.807, 2.05) is 0 Å². The van der Waals surface area contributed by atoms with Crippen LogP contribution in [0.25, 0.3) is 0 Å². The SMILES string of the molecule is CCOC(=O)NC1(CCO)CC2CC(O)C1C2. The molecule has 5 nitrogen and oxygen atoms in total. The Hall–Kier alpha value is -0.810. The van der Waals surface area contributed by atoms with Crippen molar-refractivity contribution in [2.75, 3.05) is 13.2 Å². The van der Waals surface area contributed by atoms with Gasteiger partial charge in [0.25, 0.3) is 0 Å². The number of aliphatic hydroxyl groups is 2. The van der Waals surface area contributed by atoms with E-state index in [1.54, 1.807) is 6.92 Å². The number of carbonyl (C=O) groups excluding carboxylic acids is 1. The quantitative estimate of drug-likeness (QED) is 0.677. The Morgan fingerprint density at radius 1 is 1.53 bits per heavy atom. The zero-order chi connectivity index (χ0) is 12.5. The third kappa shape index (κ3) is 2.26. The van der Waals surface area contributed by atoms with Crippen LogP contribution in [0.3, 0.4) is 0 Å². The van der Waals surface area contributed by atoms with Crippen LogP contribution in [0.4, 0.5) is 4.79 Å². The molecule has 2 aliphatic rings. The molecule has 0 aliphatic heterocycles. The molecule has 2 bridgehead atoms. The van der Waals surface area contributed by atoms with Gasteiger partial charge in [-0.3, -0.25) is 0 Å². The van der Waals surface area contributed by atoms with Crippen LogP contribution in [0.1, 0.15) is 32.6 Å². The lowest BCUT2D eigenvalue weighted by Gasteiger charge is -2.40. The molecule has 0 saturated heterocycles. The van der Waals surface area contributed by atoms with Gasteiger partial charge in [0, 0.05) is 12.5 Å². The average molecular weight is 243 g/mol. The van der Waals surface area contributed by atoms with Crippen molar-refractivity contribution in [1.82, 2.24) is 5.32 Å². The van der Waals surface area contributed by atoms with Gasteiger partial charge in [-0.15, -0.1) is 0 Å². The molecule has 1 amide bonds. The molecule has 98 valence electrons. The fourth-order valence-corrected chi connectivity index (χ4v) is 3.61. The molecule has 17 heavy (non-hydrogen) atoms. The minimum atomic E-state index is -0.469. The van der Waals surface area contributed by atoms with Crippen molar-refractivity contribution in [2.45, 2.75) is 44.2 Å². The van der Waals surface area contributed by atoms with E-state index in [-0.39, 0.29) is 18.6 Å². The van der Waals surface area contributed by atoms with Crippen molar-refractivity contribution in [2.24, 2.45) is 11.8 Å². The number of amides is 1. The zero-order valence-electron chi connectivity index (χ0n) is 10.2. The molecule has 0 spiro atoms. The Balaban J connectivity index is 2.08. The minimum absolute atomic E-state index is 0.0162. The second-order valence-corrected chi connectivity index (χ2v) is 5.19. The van der Waals surface area contributed by atoms with E-state index in [0.29, 0.717) is 18.9 Å². The maximum Gasteiger partial charge on any atom is 0.407 e. The molecular weight excluding hydrogens is 222 g/mol. The van der Waals surface area contributed by atoms with E-state index in [1.165, 1.54) is 0 Å². The first-order valence-corrected chi connectivity index (χ1v) is 6.35. The van der Waals surface area contributed by atoms with Crippen LogP contribution < -0.4 is 5.32 Å². The number of hydrogen-bond acceptors (Lipinski definition) is 4. The normalized spacial score (nSPS) is 39.4. The van der Waals surface area contributed by atoms with Crippen molar-refractivity contribution in [3.05, 3.63) is 0 Å². The summed E-state index contributed by atoms with van der Waals surface area (Å²) in [6.07, 6.45) is 2.29. The molecule has 2 aliphatic carbocycles. The van der Waals surface area contributed by atoms with Gasteiger partial charge in [-0.25, -0.2) is 4.79 Å². The van der Waals surface area contributed by atoms with Gasteiger partial charge in [0.05, 0.1) is 18.2 Å². The van der Waals surface area contributed by atoms with E-state index in [2.05, 4.69) is 5.32 Å². The summed E-state index contributed by atoms with van der Waals surface area (Å²) in [6, 6.07) is 0. The summed E-state index contributed by atoms with van der Waals surface area (Å²) in [5.74, 6) is 0.521. The Labute approximate surface area is 101 Å². The molecule has 0 aromatic carbocycles. The standard InChI is InChI=1S/C12H21NO4/c1-2-17-11(16)13-12(3-4-14)7-8-5-9(12)10(15)6-8/h8-10,14-15H,2-7H2,1H3,(H,13,16).